The first kappa shape index (κ1) is 8.67. The fraction of sp³-hybridized carbons (Fsp3) is 0.250. The van der Waals surface area contributed by atoms with E-state index in [1.54, 1.807) is 7.11 Å². The van der Waals surface area contributed by atoms with Crippen LogP contribution in [-0.2, 0) is 4.74 Å². The number of ether oxygens (including phenoxy) is 2. The number of hydrogen-bond acceptors (Lipinski definition) is 2. The molecule has 0 spiro atoms. The summed E-state index contributed by atoms with van der Waals surface area (Å²) in [4.78, 5) is 0. The first-order valence-corrected chi connectivity index (χ1v) is 3.51. The second-order valence-electron chi connectivity index (χ2n) is 2.36. The molecule has 1 aromatic carbocycles. The van der Waals surface area contributed by atoms with Crippen molar-refractivity contribution in [1.29, 1.82) is 0 Å². The van der Waals surface area contributed by atoms with Crippen LogP contribution < -0.4 is 8.97 Å². The van der Waals surface area contributed by atoms with Gasteiger partial charge < -0.3 is 0 Å². The average molecular weight is 144 g/mol. The Hall–Kier alpha value is -0.423. The minimum atomic E-state index is 0.309. The van der Waals surface area contributed by atoms with Crippen molar-refractivity contribution < 1.29 is 9.47 Å². The third-order valence-corrected chi connectivity index (χ3v) is 1.36. The molecule has 1 rings (SSSR count). The summed E-state index contributed by atoms with van der Waals surface area (Å²) in [6.07, 6.45) is 0. The molecule has 0 aromatic heterocycles. The van der Waals surface area contributed by atoms with Gasteiger partial charge in [-0.3, -0.25) is 0 Å². The molecule has 0 N–H and O–H groups in total. The van der Waals surface area contributed by atoms with Crippen molar-refractivity contribution in [3.05, 3.63) is 24.3 Å². The standard InChI is InChI=1S/C8H9O2.Li/c1-9-7-10-8-5-3-2-4-6-8;/h3-6H,7H2,1H3;. The molecule has 0 aliphatic carbocycles. The topological polar surface area (TPSA) is 18.5 Å². The van der Waals surface area contributed by atoms with Crippen LogP contribution in [0, 0.1) is 0 Å². The van der Waals surface area contributed by atoms with Crippen molar-refractivity contribution in [2.45, 2.75) is 0 Å². The van der Waals surface area contributed by atoms with Crippen molar-refractivity contribution in [3.63, 3.8) is 0 Å². The molecule has 1 aromatic rings. The van der Waals surface area contributed by atoms with Crippen LogP contribution in [0.2, 0.25) is 0 Å². The van der Waals surface area contributed by atoms with Gasteiger partial charge in [0.1, 0.15) is 0 Å². The van der Waals surface area contributed by atoms with Gasteiger partial charge in [0.2, 0.25) is 0 Å². The van der Waals surface area contributed by atoms with Gasteiger partial charge in [-0.15, -0.1) is 0 Å². The maximum atomic E-state index is 5.19. The number of methoxy groups -OCH3 is 1. The molecule has 0 radical (unpaired) electrons. The zero-order chi connectivity index (χ0) is 8.10. The summed E-state index contributed by atoms with van der Waals surface area (Å²) in [5.41, 5.74) is 0. The van der Waals surface area contributed by atoms with E-state index < -0.39 is 0 Å². The van der Waals surface area contributed by atoms with E-state index in [0.29, 0.717) is 6.79 Å². The van der Waals surface area contributed by atoms with Crippen LogP contribution in [0.15, 0.2) is 24.3 Å². The summed E-state index contributed by atoms with van der Waals surface area (Å²) >= 11 is 2.04. The second-order valence-corrected chi connectivity index (χ2v) is 2.36. The predicted molar refractivity (Wildman–Crippen MR) is 44.3 cm³/mol. The van der Waals surface area contributed by atoms with Gasteiger partial charge in [0.05, 0.1) is 0 Å². The summed E-state index contributed by atoms with van der Waals surface area (Å²) in [7, 11) is 1.61. The number of hydrogen-bond donors (Lipinski definition) is 0. The van der Waals surface area contributed by atoms with Crippen LogP contribution in [0.5, 0.6) is 5.75 Å². The number of benzene rings is 1. The number of rotatable bonds is 3. The van der Waals surface area contributed by atoms with E-state index in [2.05, 4.69) is 0 Å². The van der Waals surface area contributed by atoms with E-state index >= 15 is 0 Å². The van der Waals surface area contributed by atoms with Crippen molar-refractivity contribution in [3.8, 4) is 5.75 Å². The average Bonchev–Trinajstić information content (AvgIpc) is 2.04. The molecule has 0 saturated carbocycles. The van der Waals surface area contributed by atoms with Gasteiger partial charge in [-0.1, -0.05) is 0 Å². The van der Waals surface area contributed by atoms with Crippen LogP contribution in [0.25, 0.3) is 0 Å². The Kier molecular flexibility index (Phi) is 3.51. The van der Waals surface area contributed by atoms with E-state index in [0.717, 1.165) is 5.75 Å². The van der Waals surface area contributed by atoms with E-state index in [1.807, 2.05) is 42.0 Å². The summed E-state index contributed by atoms with van der Waals surface area (Å²) < 4.78 is 11.2. The molecule has 0 saturated heterocycles. The molecule has 11 heavy (non-hydrogen) atoms. The van der Waals surface area contributed by atoms with Gasteiger partial charge in [-0.05, 0) is 0 Å². The Morgan fingerprint density at radius 1 is 1.27 bits per heavy atom. The summed E-state index contributed by atoms with van der Waals surface area (Å²) in [6.45, 7) is 0.309. The van der Waals surface area contributed by atoms with Crippen LogP contribution in [0.3, 0.4) is 0 Å². The molecular formula is C8H9LiO2. The first-order valence-electron chi connectivity index (χ1n) is 3.51. The Balaban J connectivity index is 2.52. The van der Waals surface area contributed by atoms with E-state index in [1.165, 1.54) is 4.24 Å². The van der Waals surface area contributed by atoms with Crippen LogP contribution in [0.4, 0.5) is 0 Å². The van der Waals surface area contributed by atoms with Gasteiger partial charge >= 0.3 is 75.3 Å². The van der Waals surface area contributed by atoms with Crippen molar-refractivity contribution in [2.24, 2.45) is 0 Å². The SMILES string of the molecule is [Li][c]1ccc(OCOC)cc1. The third kappa shape index (κ3) is 2.98. The van der Waals surface area contributed by atoms with Gasteiger partial charge in [-0.25, -0.2) is 0 Å². The quantitative estimate of drug-likeness (QED) is 0.453. The third-order valence-electron chi connectivity index (χ3n) is 1.36. The summed E-state index contributed by atoms with van der Waals surface area (Å²) in [6, 6.07) is 7.86. The Labute approximate surface area is 75.7 Å². The van der Waals surface area contributed by atoms with Crippen molar-refractivity contribution in [1.82, 2.24) is 0 Å². The Bertz CT molecular complexity index is 208. The molecule has 0 bridgehead atoms. The summed E-state index contributed by atoms with van der Waals surface area (Å²) in [5.74, 6) is 0.845. The fourth-order valence-corrected chi connectivity index (χ4v) is 0.761. The monoisotopic (exact) mass is 144 g/mol. The van der Waals surface area contributed by atoms with Crippen LogP contribution >= 0.6 is 0 Å². The molecule has 0 aliphatic rings. The minimum absolute atomic E-state index is 0.309. The molecule has 54 valence electrons. The molecule has 0 fully saturated rings. The van der Waals surface area contributed by atoms with Crippen molar-refractivity contribution >= 4 is 22.0 Å². The normalized spacial score (nSPS) is 9.73. The maximum absolute atomic E-state index is 5.19. The fourth-order valence-electron chi connectivity index (χ4n) is 0.761. The van der Waals surface area contributed by atoms with E-state index in [-0.39, 0.29) is 0 Å². The molecule has 0 unspecified atom stereocenters. The van der Waals surface area contributed by atoms with Crippen LogP contribution in [0.1, 0.15) is 0 Å². The molecule has 3 heteroatoms. The van der Waals surface area contributed by atoms with Crippen molar-refractivity contribution in [2.75, 3.05) is 13.9 Å². The van der Waals surface area contributed by atoms with E-state index in [4.69, 9.17) is 9.47 Å². The van der Waals surface area contributed by atoms with Gasteiger partial charge in [-0.2, -0.15) is 0 Å². The summed E-state index contributed by atoms with van der Waals surface area (Å²) in [5, 5.41) is 0. The molecular weight excluding hydrogens is 135 g/mol. The van der Waals surface area contributed by atoms with Gasteiger partial charge in [0, 0.05) is 0 Å². The molecule has 0 amide bonds. The molecule has 2 nitrogen and oxygen atoms in total. The van der Waals surface area contributed by atoms with Crippen LogP contribution in [-0.4, -0.2) is 31.6 Å². The van der Waals surface area contributed by atoms with Gasteiger partial charge in [0.25, 0.3) is 0 Å². The van der Waals surface area contributed by atoms with E-state index in [9.17, 15) is 0 Å². The van der Waals surface area contributed by atoms with Gasteiger partial charge in [0.15, 0.2) is 0 Å². The predicted octanol–water partition coefficient (Wildman–Crippen LogP) is 0.463. The molecule has 0 atom stereocenters. The Morgan fingerprint density at radius 2 is 1.91 bits per heavy atom. The first-order chi connectivity index (χ1) is 5.33. The molecule has 0 heterocycles. The molecule has 0 aliphatic heterocycles. The zero-order valence-electron chi connectivity index (χ0n) is 6.83. The Morgan fingerprint density at radius 3 is 2.45 bits per heavy atom. The zero-order valence-corrected chi connectivity index (χ0v) is 6.83. The second kappa shape index (κ2) is 4.45.